The van der Waals surface area contributed by atoms with Crippen LogP contribution in [0.2, 0.25) is 0 Å². The van der Waals surface area contributed by atoms with Crippen LogP contribution in [0.1, 0.15) is 11.1 Å². The van der Waals surface area contributed by atoms with Crippen molar-refractivity contribution in [2.75, 3.05) is 12.4 Å². The lowest BCUT2D eigenvalue weighted by atomic mass is 10.1. The molecule has 1 aromatic carbocycles. The second-order valence-corrected chi connectivity index (χ2v) is 2.81. The topological polar surface area (TPSA) is 41.1 Å². The average Bonchev–Trinajstić information content (AvgIpc) is 2.13. The number of hydrogen-bond donors (Lipinski definition) is 2. The number of urea groups is 1. The minimum atomic E-state index is -0.226. The van der Waals surface area contributed by atoms with E-state index in [1.807, 2.05) is 25.1 Å². The zero-order valence-corrected chi connectivity index (χ0v) is 7.85. The van der Waals surface area contributed by atoms with Crippen molar-refractivity contribution in [1.29, 1.82) is 0 Å². The molecule has 0 bridgehead atoms. The molecule has 3 nitrogen and oxygen atoms in total. The van der Waals surface area contributed by atoms with Crippen molar-refractivity contribution >= 4 is 11.7 Å². The third-order valence-electron chi connectivity index (χ3n) is 1.89. The van der Waals surface area contributed by atoms with Crippen LogP contribution in [-0.4, -0.2) is 13.1 Å². The van der Waals surface area contributed by atoms with Crippen LogP contribution in [0.25, 0.3) is 0 Å². The van der Waals surface area contributed by atoms with Gasteiger partial charge in [-0.05, 0) is 31.0 Å². The summed E-state index contributed by atoms with van der Waals surface area (Å²) in [6.07, 6.45) is 0. The van der Waals surface area contributed by atoms with Crippen LogP contribution < -0.4 is 10.6 Å². The summed E-state index contributed by atoms with van der Waals surface area (Å²) >= 11 is 0. The van der Waals surface area contributed by atoms with Gasteiger partial charge in [0, 0.05) is 12.7 Å². The number of hydrogen-bond acceptors (Lipinski definition) is 1. The molecule has 1 aromatic rings. The van der Waals surface area contributed by atoms with E-state index in [2.05, 4.69) is 17.6 Å². The number of nitrogens with one attached hydrogen (secondary N) is 2. The van der Waals surface area contributed by atoms with E-state index >= 15 is 0 Å². The van der Waals surface area contributed by atoms with Crippen molar-refractivity contribution in [3.05, 3.63) is 36.2 Å². The third kappa shape index (κ3) is 2.21. The van der Waals surface area contributed by atoms with Gasteiger partial charge in [-0.2, -0.15) is 0 Å². The zero-order chi connectivity index (χ0) is 9.84. The molecule has 0 aromatic heterocycles. The predicted octanol–water partition coefficient (Wildman–Crippen LogP) is 1.93. The average molecular weight is 177 g/mol. The van der Waals surface area contributed by atoms with Crippen LogP contribution in [0.15, 0.2) is 18.2 Å². The van der Waals surface area contributed by atoms with Crippen molar-refractivity contribution in [2.24, 2.45) is 0 Å². The molecular formula is C10H13N2O. The van der Waals surface area contributed by atoms with E-state index in [9.17, 15) is 4.79 Å². The number of benzene rings is 1. The van der Waals surface area contributed by atoms with Gasteiger partial charge in [-0.25, -0.2) is 4.79 Å². The summed E-state index contributed by atoms with van der Waals surface area (Å²) < 4.78 is 0. The van der Waals surface area contributed by atoms with Gasteiger partial charge in [-0.15, -0.1) is 0 Å². The molecule has 1 radical (unpaired) electrons. The maximum absolute atomic E-state index is 11.0. The molecule has 0 fully saturated rings. The molecule has 0 aliphatic heterocycles. The van der Waals surface area contributed by atoms with Gasteiger partial charge < -0.3 is 10.6 Å². The highest BCUT2D eigenvalue weighted by Crippen LogP contribution is 2.17. The molecule has 0 saturated carbocycles. The molecule has 0 atom stereocenters. The molecule has 0 aliphatic rings. The highest BCUT2D eigenvalue weighted by atomic mass is 16.2. The van der Waals surface area contributed by atoms with E-state index in [0.717, 1.165) is 16.8 Å². The number of anilines is 1. The molecule has 0 saturated heterocycles. The van der Waals surface area contributed by atoms with Gasteiger partial charge >= 0.3 is 6.03 Å². The summed E-state index contributed by atoms with van der Waals surface area (Å²) in [6, 6.07) is 5.44. The van der Waals surface area contributed by atoms with E-state index in [4.69, 9.17) is 0 Å². The fraction of sp³-hybridized carbons (Fsp3) is 0.200. The number of rotatable bonds is 1. The highest BCUT2D eigenvalue weighted by molar-refractivity contribution is 5.90. The number of amides is 2. The van der Waals surface area contributed by atoms with Gasteiger partial charge in [0.25, 0.3) is 0 Å². The summed E-state index contributed by atoms with van der Waals surface area (Å²) in [5.41, 5.74) is 2.67. The molecule has 3 heteroatoms. The maximum atomic E-state index is 11.0. The van der Waals surface area contributed by atoms with Gasteiger partial charge in [0.05, 0.1) is 0 Å². The molecule has 0 heterocycles. The second kappa shape index (κ2) is 3.94. The molecule has 0 spiro atoms. The van der Waals surface area contributed by atoms with Crippen LogP contribution in [0.4, 0.5) is 10.5 Å². The summed E-state index contributed by atoms with van der Waals surface area (Å²) in [6.45, 7) is 5.82. The SMILES string of the molecule is [CH2]c1c(C)cccc1NC(=O)NC. The van der Waals surface area contributed by atoms with E-state index < -0.39 is 0 Å². The van der Waals surface area contributed by atoms with Gasteiger partial charge in [-0.3, -0.25) is 0 Å². The molecule has 0 unspecified atom stereocenters. The van der Waals surface area contributed by atoms with Gasteiger partial charge in [0.2, 0.25) is 0 Å². The second-order valence-electron chi connectivity index (χ2n) is 2.81. The molecule has 0 aliphatic carbocycles. The summed E-state index contributed by atoms with van der Waals surface area (Å²) in [7, 11) is 1.58. The third-order valence-corrected chi connectivity index (χ3v) is 1.89. The van der Waals surface area contributed by atoms with E-state index in [1.165, 1.54) is 0 Å². The summed E-state index contributed by atoms with van der Waals surface area (Å²) in [5, 5.41) is 5.17. The van der Waals surface area contributed by atoms with Crippen LogP contribution in [0.3, 0.4) is 0 Å². The quantitative estimate of drug-likeness (QED) is 0.676. The normalized spacial score (nSPS) is 9.46. The first kappa shape index (κ1) is 9.58. The molecule has 1 rings (SSSR count). The number of carbonyl (C=O) groups is 1. The van der Waals surface area contributed by atoms with Crippen LogP contribution >= 0.6 is 0 Å². The molecule has 69 valence electrons. The lowest BCUT2D eigenvalue weighted by molar-refractivity contribution is 0.254. The summed E-state index contributed by atoms with van der Waals surface area (Å²) in [4.78, 5) is 11.0. The van der Waals surface area contributed by atoms with Gasteiger partial charge in [0.1, 0.15) is 0 Å². The fourth-order valence-electron chi connectivity index (χ4n) is 1.00. The highest BCUT2D eigenvalue weighted by Gasteiger charge is 2.02. The first-order valence-corrected chi connectivity index (χ1v) is 4.05. The fourth-order valence-corrected chi connectivity index (χ4v) is 1.00. The molecule has 13 heavy (non-hydrogen) atoms. The molecular weight excluding hydrogens is 164 g/mol. The largest absolute Gasteiger partial charge is 0.341 e. The standard InChI is InChI=1S/C10H13N2O/c1-7-5-4-6-9(8(7)2)12-10(13)11-3/h4-6H,2H2,1,3H3,(H2,11,12,13). The lowest BCUT2D eigenvalue weighted by Crippen LogP contribution is -2.24. The van der Waals surface area contributed by atoms with E-state index in [0.29, 0.717) is 0 Å². The number of carbonyl (C=O) groups excluding carboxylic acids is 1. The van der Waals surface area contributed by atoms with Crippen molar-refractivity contribution in [3.63, 3.8) is 0 Å². The zero-order valence-electron chi connectivity index (χ0n) is 7.85. The van der Waals surface area contributed by atoms with Crippen LogP contribution in [0.5, 0.6) is 0 Å². The van der Waals surface area contributed by atoms with Gasteiger partial charge in [-0.1, -0.05) is 12.1 Å². The van der Waals surface area contributed by atoms with E-state index in [1.54, 1.807) is 7.05 Å². The molecule has 2 amide bonds. The van der Waals surface area contributed by atoms with Crippen molar-refractivity contribution in [2.45, 2.75) is 6.92 Å². The minimum absolute atomic E-state index is 0.226. The maximum Gasteiger partial charge on any atom is 0.318 e. The smallest absolute Gasteiger partial charge is 0.318 e. The van der Waals surface area contributed by atoms with Crippen molar-refractivity contribution < 1.29 is 4.79 Å². The summed E-state index contributed by atoms with van der Waals surface area (Å²) in [5.74, 6) is 0. The Morgan fingerprint density at radius 3 is 2.77 bits per heavy atom. The first-order valence-electron chi connectivity index (χ1n) is 4.05. The Morgan fingerprint density at radius 2 is 2.15 bits per heavy atom. The molecule has 2 N–H and O–H groups in total. The first-order chi connectivity index (χ1) is 6.15. The van der Waals surface area contributed by atoms with Crippen molar-refractivity contribution in [3.8, 4) is 0 Å². The minimum Gasteiger partial charge on any atom is -0.341 e. The Labute approximate surface area is 78.2 Å². The number of aryl methyl sites for hydroxylation is 1. The Kier molecular flexibility index (Phi) is 2.90. The Hall–Kier alpha value is -1.51. The Morgan fingerprint density at radius 1 is 1.46 bits per heavy atom. The Bertz CT molecular complexity index is 321. The van der Waals surface area contributed by atoms with Crippen LogP contribution in [-0.2, 0) is 0 Å². The van der Waals surface area contributed by atoms with Gasteiger partial charge in [0.15, 0.2) is 0 Å². The predicted molar refractivity (Wildman–Crippen MR) is 53.7 cm³/mol. The van der Waals surface area contributed by atoms with E-state index in [-0.39, 0.29) is 6.03 Å². The van der Waals surface area contributed by atoms with Crippen molar-refractivity contribution in [1.82, 2.24) is 5.32 Å². The van der Waals surface area contributed by atoms with Crippen LogP contribution in [0, 0.1) is 13.8 Å². The Balaban J connectivity index is 2.89. The monoisotopic (exact) mass is 177 g/mol. The lowest BCUT2D eigenvalue weighted by Gasteiger charge is -2.09.